The molecule has 5 atom stereocenters. The summed E-state index contributed by atoms with van der Waals surface area (Å²) in [7, 11) is 1.76. The lowest BCUT2D eigenvalue weighted by Gasteiger charge is -2.26. The lowest BCUT2D eigenvalue weighted by atomic mass is 9.85. The number of hydrogen-bond donors (Lipinski definition) is 1. The number of rotatable bonds is 28. The van der Waals surface area contributed by atoms with E-state index in [0.29, 0.717) is 19.4 Å². The van der Waals surface area contributed by atoms with Crippen molar-refractivity contribution >= 4 is 11.9 Å². The molecule has 1 N–H and O–H groups in total. The first-order valence-corrected chi connectivity index (χ1v) is 19.3. The minimum Gasteiger partial charge on any atom is -0.466 e. The van der Waals surface area contributed by atoms with Crippen LogP contribution in [0.3, 0.4) is 0 Å². The molecule has 1 saturated carbocycles. The van der Waals surface area contributed by atoms with E-state index in [4.69, 9.17) is 14.2 Å². The molecule has 1 aliphatic carbocycles. The SMILES string of the molecule is CCCCCC/C=C\CCCCCCCCOC(=O)CCC/C=C\C[C@@H]1[C@@H](CC[C@H](CCc2ccccc2)OC)[C@H](OC(C)=O)C[C@@H]1O. The third-order valence-corrected chi connectivity index (χ3v) is 9.81. The fraction of sp³-hybridized carbons (Fsp3) is 0.714. The topological polar surface area (TPSA) is 82.1 Å². The Labute approximate surface area is 293 Å². The number of hydrogen-bond acceptors (Lipinski definition) is 6. The molecular weight excluding hydrogens is 600 g/mol. The molecule has 0 amide bonds. The third-order valence-electron chi connectivity index (χ3n) is 9.81. The zero-order valence-corrected chi connectivity index (χ0v) is 30.6. The van der Waals surface area contributed by atoms with Gasteiger partial charge in [-0.25, -0.2) is 0 Å². The van der Waals surface area contributed by atoms with E-state index in [1.165, 1.54) is 76.7 Å². The fourth-order valence-electron chi connectivity index (χ4n) is 6.95. The molecule has 1 aromatic rings. The molecule has 0 unspecified atom stereocenters. The summed E-state index contributed by atoms with van der Waals surface area (Å²) in [5.74, 6) is -0.288. The monoisotopic (exact) mass is 669 g/mol. The van der Waals surface area contributed by atoms with Crippen LogP contribution in [0.2, 0.25) is 0 Å². The van der Waals surface area contributed by atoms with Crippen molar-refractivity contribution in [1.82, 2.24) is 0 Å². The molecule has 1 aromatic carbocycles. The molecule has 0 spiro atoms. The summed E-state index contributed by atoms with van der Waals surface area (Å²) in [5, 5.41) is 10.9. The zero-order valence-electron chi connectivity index (χ0n) is 30.6. The first-order valence-electron chi connectivity index (χ1n) is 19.3. The highest BCUT2D eigenvalue weighted by atomic mass is 16.5. The van der Waals surface area contributed by atoms with Crippen LogP contribution in [-0.4, -0.2) is 49.1 Å². The van der Waals surface area contributed by atoms with Crippen LogP contribution in [0.4, 0.5) is 0 Å². The second kappa shape index (κ2) is 27.4. The maximum Gasteiger partial charge on any atom is 0.305 e. The maximum absolute atomic E-state index is 12.2. The quantitative estimate of drug-likeness (QED) is 0.0544. The molecule has 272 valence electrons. The number of ether oxygens (including phenoxy) is 3. The minimum absolute atomic E-state index is 0.0316. The lowest BCUT2D eigenvalue weighted by molar-refractivity contribution is -0.148. The van der Waals surface area contributed by atoms with Crippen molar-refractivity contribution in [2.24, 2.45) is 11.8 Å². The molecule has 0 radical (unpaired) electrons. The lowest BCUT2D eigenvalue weighted by Crippen LogP contribution is -2.27. The van der Waals surface area contributed by atoms with Gasteiger partial charge in [0.1, 0.15) is 6.10 Å². The van der Waals surface area contributed by atoms with E-state index in [1.54, 1.807) is 7.11 Å². The van der Waals surface area contributed by atoms with E-state index in [-0.39, 0.29) is 36.0 Å². The van der Waals surface area contributed by atoms with E-state index in [1.807, 2.05) is 6.07 Å². The number of aliphatic hydroxyl groups excluding tert-OH is 1. The van der Waals surface area contributed by atoms with Gasteiger partial charge in [-0.1, -0.05) is 107 Å². The average Bonchev–Trinajstić information content (AvgIpc) is 3.37. The highest BCUT2D eigenvalue weighted by Gasteiger charge is 2.43. The van der Waals surface area contributed by atoms with Crippen LogP contribution in [0.15, 0.2) is 54.6 Å². The predicted octanol–water partition coefficient (Wildman–Crippen LogP) is 10.3. The number of carbonyl (C=O) groups is 2. The summed E-state index contributed by atoms with van der Waals surface area (Å²) in [6.45, 7) is 4.22. The Morgan fingerprint density at radius 1 is 0.833 bits per heavy atom. The van der Waals surface area contributed by atoms with E-state index in [2.05, 4.69) is 55.5 Å². The van der Waals surface area contributed by atoms with Crippen LogP contribution in [0.1, 0.15) is 148 Å². The van der Waals surface area contributed by atoms with Crippen molar-refractivity contribution in [2.45, 2.75) is 167 Å². The summed E-state index contributed by atoms with van der Waals surface area (Å²) < 4.78 is 16.9. The van der Waals surface area contributed by atoms with Crippen molar-refractivity contribution < 1.29 is 28.9 Å². The van der Waals surface area contributed by atoms with E-state index in [0.717, 1.165) is 57.8 Å². The summed E-state index contributed by atoms with van der Waals surface area (Å²) >= 11 is 0. The fourth-order valence-corrected chi connectivity index (χ4v) is 6.95. The smallest absolute Gasteiger partial charge is 0.305 e. The van der Waals surface area contributed by atoms with E-state index in [9.17, 15) is 14.7 Å². The van der Waals surface area contributed by atoms with Crippen molar-refractivity contribution in [3.8, 4) is 0 Å². The number of unbranched alkanes of at least 4 members (excludes halogenated alkanes) is 11. The maximum atomic E-state index is 12.2. The van der Waals surface area contributed by atoms with E-state index < -0.39 is 6.10 Å². The van der Waals surface area contributed by atoms with Gasteiger partial charge in [0.25, 0.3) is 0 Å². The van der Waals surface area contributed by atoms with Gasteiger partial charge >= 0.3 is 11.9 Å². The van der Waals surface area contributed by atoms with Crippen molar-refractivity contribution in [1.29, 1.82) is 0 Å². The second-order valence-electron chi connectivity index (χ2n) is 13.8. The van der Waals surface area contributed by atoms with E-state index >= 15 is 0 Å². The molecule has 6 nitrogen and oxygen atoms in total. The van der Waals surface area contributed by atoms with Gasteiger partial charge in [0, 0.05) is 32.8 Å². The second-order valence-corrected chi connectivity index (χ2v) is 13.8. The Morgan fingerprint density at radius 2 is 1.48 bits per heavy atom. The molecule has 6 heteroatoms. The molecule has 48 heavy (non-hydrogen) atoms. The summed E-state index contributed by atoms with van der Waals surface area (Å²) in [6, 6.07) is 10.4. The van der Waals surface area contributed by atoms with Crippen LogP contribution in [-0.2, 0) is 30.2 Å². The Kier molecular flexibility index (Phi) is 23.8. The van der Waals surface area contributed by atoms with Gasteiger partial charge in [-0.3, -0.25) is 9.59 Å². The molecule has 1 fully saturated rings. The molecule has 2 rings (SSSR count). The van der Waals surface area contributed by atoms with Crippen LogP contribution < -0.4 is 0 Å². The Hall–Kier alpha value is -2.44. The standard InChI is InChI=1S/C42H68O6/c1-4-5-6-7-8-9-10-11-12-13-14-15-18-24-33-47-42(45)28-23-17-16-22-27-38-39(41(34-40(38)44)48-35(2)43)32-31-37(46-3)30-29-36-25-20-19-21-26-36/h9-10,16,19-22,25-26,37-41,44H,4-8,11-15,17-18,23-24,27-34H2,1-3H3/b10-9-,22-16-/t37-,38+,39+,40-,41+/m0/s1. The number of esters is 2. The number of aryl methyl sites for hydroxylation is 1. The van der Waals surface area contributed by atoms with Crippen LogP contribution in [0.5, 0.6) is 0 Å². The van der Waals surface area contributed by atoms with Gasteiger partial charge in [-0.05, 0) is 88.5 Å². The van der Waals surface area contributed by atoms with Gasteiger partial charge in [-0.15, -0.1) is 0 Å². The van der Waals surface area contributed by atoms with Gasteiger partial charge in [0.2, 0.25) is 0 Å². The van der Waals surface area contributed by atoms with Gasteiger partial charge in [0.15, 0.2) is 0 Å². The van der Waals surface area contributed by atoms with Crippen molar-refractivity contribution in [3.63, 3.8) is 0 Å². The third kappa shape index (κ3) is 19.5. The first-order chi connectivity index (χ1) is 23.4. The molecule has 0 aromatic heterocycles. The van der Waals surface area contributed by atoms with Crippen molar-refractivity contribution in [2.75, 3.05) is 13.7 Å². The largest absolute Gasteiger partial charge is 0.466 e. The molecule has 0 saturated heterocycles. The Morgan fingerprint density at radius 3 is 2.17 bits per heavy atom. The van der Waals surface area contributed by atoms with Gasteiger partial charge < -0.3 is 19.3 Å². The molecular formula is C42H68O6. The van der Waals surface area contributed by atoms with Crippen LogP contribution in [0.25, 0.3) is 0 Å². The number of methoxy groups -OCH3 is 1. The molecule has 1 aliphatic rings. The Bertz CT molecular complexity index is 1000. The first kappa shape index (κ1) is 41.7. The average molecular weight is 669 g/mol. The number of benzene rings is 1. The highest BCUT2D eigenvalue weighted by Crippen LogP contribution is 2.40. The van der Waals surface area contributed by atoms with Crippen molar-refractivity contribution in [3.05, 3.63) is 60.2 Å². The molecule has 0 heterocycles. The minimum atomic E-state index is -0.503. The van der Waals surface area contributed by atoms with Gasteiger partial charge in [-0.2, -0.15) is 0 Å². The summed E-state index contributed by atoms with van der Waals surface area (Å²) in [4.78, 5) is 24.0. The molecule has 0 aliphatic heterocycles. The number of carbonyl (C=O) groups excluding carboxylic acids is 2. The summed E-state index contributed by atoms with van der Waals surface area (Å²) in [6.07, 6.45) is 29.9. The Balaban J connectivity index is 1.57. The highest BCUT2D eigenvalue weighted by molar-refractivity contribution is 5.69. The summed E-state index contributed by atoms with van der Waals surface area (Å²) in [5.41, 5.74) is 1.30. The number of allylic oxidation sites excluding steroid dienone is 4. The predicted molar refractivity (Wildman–Crippen MR) is 197 cm³/mol. The van der Waals surface area contributed by atoms with Crippen LogP contribution in [0, 0.1) is 11.8 Å². The van der Waals surface area contributed by atoms with Gasteiger partial charge in [0.05, 0.1) is 18.8 Å². The number of aliphatic hydroxyl groups is 1. The van der Waals surface area contributed by atoms with Crippen LogP contribution >= 0.6 is 0 Å². The zero-order chi connectivity index (χ0) is 34.7. The normalized spacial score (nSPS) is 20.1. The molecule has 0 bridgehead atoms.